The molecule has 1 aliphatic rings. The summed E-state index contributed by atoms with van der Waals surface area (Å²) < 4.78 is 0. The first-order chi connectivity index (χ1) is 8.92. The monoisotopic (exact) mass is 242 g/mol. The highest BCUT2D eigenvalue weighted by Crippen LogP contribution is 2.12. The first-order valence-corrected chi connectivity index (χ1v) is 5.96. The van der Waals surface area contributed by atoms with E-state index in [1.165, 1.54) is 11.9 Å². The van der Waals surface area contributed by atoms with Crippen LogP contribution < -0.4 is 10.6 Å². The fourth-order valence-corrected chi connectivity index (χ4v) is 1.91. The maximum atomic E-state index is 4.50. The van der Waals surface area contributed by atoms with Crippen molar-refractivity contribution in [2.75, 3.05) is 11.9 Å². The Labute approximate surface area is 105 Å². The van der Waals surface area contributed by atoms with Crippen molar-refractivity contribution in [3.8, 4) is 0 Å². The molecule has 0 saturated heterocycles. The summed E-state index contributed by atoms with van der Waals surface area (Å²) in [6, 6.07) is 1.87. The highest BCUT2D eigenvalue weighted by Gasteiger charge is 2.11. The second-order valence-electron chi connectivity index (χ2n) is 4.15. The van der Waals surface area contributed by atoms with Gasteiger partial charge in [0.05, 0.1) is 17.9 Å². The molecular weight excluding hydrogens is 228 g/mol. The van der Waals surface area contributed by atoms with Crippen LogP contribution in [0.25, 0.3) is 0 Å². The molecule has 6 heteroatoms. The van der Waals surface area contributed by atoms with E-state index in [2.05, 4.69) is 30.6 Å². The van der Waals surface area contributed by atoms with Gasteiger partial charge in [-0.05, 0) is 24.6 Å². The zero-order valence-electron chi connectivity index (χ0n) is 9.93. The predicted octanol–water partition coefficient (Wildman–Crippen LogP) is 0.524. The molecule has 2 aromatic heterocycles. The third-order valence-electron chi connectivity index (χ3n) is 2.89. The second kappa shape index (κ2) is 5.05. The van der Waals surface area contributed by atoms with Crippen LogP contribution in [-0.4, -0.2) is 26.5 Å². The third kappa shape index (κ3) is 2.43. The first-order valence-electron chi connectivity index (χ1n) is 5.96. The predicted molar refractivity (Wildman–Crippen MR) is 66.8 cm³/mol. The SMILES string of the molecule is c1cc(CNc2ncc3c(n2)CNCC3)ncn1. The van der Waals surface area contributed by atoms with Crippen molar-refractivity contribution in [2.24, 2.45) is 0 Å². The lowest BCUT2D eigenvalue weighted by Crippen LogP contribution is -2.25. The van der Waals surface area contributed by atoms with Crippen molar-refractivity contribution >= 4 is 5.95 Å². The van der Waals surface area contributed by atoms with Gasteiger partial charge in [-0.25, -0.2) is 19.9 Å². The van der Waals surface area contributed by atoms with Gasteiger partial charge in [0, 0.05) is 18.9 Å². The third-order valence-corrected chi connectivity index (χ3v) is 2.89. The normalized spacial score (nSPS) is 14.0. The summed E-state index contributed by atoms with van der Waals surface area (Å²) >= 11 is 0. The van der Waals surface area contributed by atoms with Gasteiger partial charge < -0.3 is 10.6 Å². The van der Waals surface area contributed by atoms with Gasteiger partial charge in [0.1, 0.15) is 6.33 Å². The molecule has 6 nitrogen and oxygen atoms in total. The van der Waals surface area contributed by atoms with Crippen LogP contribution in [0.3, 0.4) is 0 Å². The lowest BCUT2D eigenvalue weighted by molar-refractivity contribution is 0.623. The smallest absolute Gasteiger partial charge is 0.223 e. The van der Waals surface area contributed by atoms with E-state index in [9.17, 15) is 0 Å². The molecular formula is C12H14N6. The molecule has 0 atom stereocenters. The van der Waals surface area contributed by atoms with E-state index < -0.39 is 0 Å². The molecule has 2 N–H and O–H groups in total. The maximum Gasteiger partial charge on any atom is 0.223 e. The van der Waals surface area contributed by atoms with Crippen LogP contribution in [0.15, 0.2) is 24.8 Å². The summed E-state index contributed by atoms with van der Waals surface area (Å²) in [5.74, 6) is 0.649. The zero-order valence-corrected chi connectivity index (χ0v) is 9.93. The van der Waals surface area contributed by atoms with Crippen LogP contribution in [-0.2, 0) is 19.5 Å². The van der Waals surface area contributed by atoms with Crippen LogP contribution in [0.1, 0.15) is 17.0 Å². The van der Waals surface area contributed by atoms with Gasteiger partial charge in [0.15, 0.2) is 0 Å². The van der Waals surface area contributed by atoms with Crippen LogP contribution in [0.5, 0.6) is 0 Å². The van der Waals surface area contributed by atoms with Gasteiger partial charge in [-0.15, -0.1) is 0 Å². The Kier molecular flexibility index (Phi) is 3.10. The van der Waals surface area contributed by atoms with Gasteiger partial charge in [0.2, 0.25) is 5.95 Å². The van der Waals surface area contributed by atoms with Crippen LogP contribution in [0.2, 0.25) is 0 Å². The van der Waals surface area contributed by atoms with E-state index in [0.717, 1.165) is 30.9 Å². The van der Waals surface area contributed by atoms with Crippen molar-refractivity contribution in [1.29, 1.82) is 0 Å². The average Bonchev–Trinajstić information content (AvgIpc) is 2.46. The molecule has 0 aliphatic carbocycles. The molecule has 2 aromatic rings. The number of anilines is 1. The first kappa shape index (κ1) is 11.0. The fraction of sp³-hybridized carbons (Fsp3) is 0.333. The lowest BCUT2D eigenvalue weighted by atomic mass is 10.1. The highest BCUT2D eigenvalue weighted by atomic mass is 15.1. The quantitative estimate of drug-likeness (QED) is 0.817. The van der Waals surface area contributed by atoms with Crippen molar-refractivity contribution in [1.82, 2.24) is 25.3 Å². The Morgan fingerprint density at radius 3 is 3.22 bits per heavy atom. The van der Waals surface area contributed by atoms with Crippen LogP contribution in [0, 0.1) is 0 Å². The zero-order chi connectivity index (χ0) is 12.2. The molecule has 1 aliphatic heterocycles. The number of aromatic nitrogens is 4. The minimum atomic E-state index is 0.606. The van der Waals surface area contributed by atoms with Gasteiger partial charge in [-0.2, -0.15) is 0 Å². The van der Waals surface area contributed by atoms with Crippen molar-refractivity contribution < 1.29 is 0 Å². The Bertz CT molecular complexity index is 527. The molecule has 0 radical (unpaired) electrons. The standard InChI is InChI=1S/C12H14N6/c1-3-13-7-11-9(1)5-15-12(18-11)16-6-10-2-4-14-8-17-10/h2,4-5,8,13H,1,3,6-7H2,(H,15,16,18). The molecule has 3 rings (SSSR count). The summed E-state index contributed by atoms with van der Waals surface area (Å²) in [5, 5.41) is 6.47. The van der Waals surface area contributed by atoms with Crippen LogP contribution >= 0.6 is 0 Å². The molecule has 3 heterocycles. The van der Waals surface area contributed by atoms with Crippen LogP contribution in [0.4, 0.5) is 5.95 Å². The number of rotatable bonds is 3. The van der Waals surface area contributed by atoms with Crippen molar-refractivity contribution in [3.05, 3.63) is 41.7 Å². The molecule has 0 spiro atoms. The molecule has 92 valence electrons. The highest BCUT2D eigenvalue weighted by molar-refractivity contribution is 5.31. The number of nitrogens with zero attached hydrogens (tertiary/aromatic N) is 4. The molecule has 0 aromatic carbocycles. The van der Waals surface area contributed by atoms with Gasteiger partial charge >= 0.3 is 0 Å². The number of hydrogen-bond donors (Lipinski definition) is 2. The number of hydrogen-bond acceptors (Lipinski definition) is 6. The minimum Gasteiger partial charge on any atom is -0.349 e. The van der Waals surface area contributed by atoms with E-state index >= 15 is 0 Å². The summed E-state index contributed by atoms with van der Waals surface area (Å²) in [4.78, 5) is 16.8. The maximum absolute atomic E-state index is 4.50. The summed E-state index contributed by atoms with van der Waals surface area (Å²) in [6.07, 6.45) is 6.17. The Hall–Kier alpha value is -2.08. The Morgan fingerprint density at radius 1 is 1.33 bits per heavy atom. The molecule has 0 fully saturated rings. The number of nitrogens with one attached hydrogen (secondary N) is 2. The average molecular weight is 242 g/mol. The summed E-state index contributed by atoms with van der Waals surface area (Å²) in [5.41, 5.74) is 3.24. The molecule has 18 heavy (non-hydrogen) atoms. The topological polar surface area (TPSA) is 75.6 Å². The van der Waals surface area contributed by atoms with E-state index in [1.54, 1.807) is 6.20 Å². The van der Waals surface area contributed by atoms with Gasteiger partial charge in [-0.3, -0.25) is 0 Å². The lowest BCUT2D eigenvalue weighted by Gasteiger charge is -2.16. The van der Waals surface area contributed by atoms with E-state index in [1.807, 2.05) is 12.3 Å². The minimum absolute atomic E-state index is 0.606. The fourth-order valence-electron chi connectivity index (χ4n) is 1.91. The van der Waals surface area contributed by atoms with Crippen molar-refractivity contribution in [2.45, 2.75) is 19.5 Å². The summed E-state index contributed by atoms with van der Waals surface area (Å²) in [7, 11) is 0. The number of fused-ring (bicyclic) bond motifs is 1. The molecule has 0 amide bonds. The van der Waals surface area contributed by atoms with Gasteiger partial charge in [-0.1, -0.05) is 0 Å². The second-order valence-corrected chi connectivity index (χ2v) is 4.15. The van der Waals surface area contributed by atoms with E-state index in [-0.39, 0.29) is 0 Å². The summed E-state index contributed by atoms with van der Waals surface area (Å²) in [6.45, 7) is 2.43. The van der Waals surface area contributed by atoms with Gasteiger partial charge in [0.25, 0.3) is 0 Å². The molecule has 0 saturated carbocycles. The largest absolute Gasteiger partial charge is 0.349 e. The Morgan fingerprint density at radius 2 is 2.33 bits per heavy atom. The van der Waals surface area contributed by atoms with E-state index in [4.69, 9.17) is 0 Å². The van der Waals surface area contributed by atoms with Crippen molar-refractivity contribution in [3.63, 3.8) is 0 Å². The van der Waals surface area contributed by atoms with E-state index in [0.29, 0.717) is 12.5 Å². The molecule has 0 unspecified atom stereocenters. The Balaban J connectivity index is 1.70. The molecule has 0 bridgehead atoms.